The maximum Gasteiger partial charge on any atom is 0.216 e. The van der Waals surface area contributed by atoms with E-state index in [0.29, 0.717) is 17.7 Å². The predicted molar refractivity (Wildman–Crippen MR) is 79.9 cm³/mol. The molecule has 0 radical (unpaired) electrons. The van der Waals surface area contributed by atoms with Crippen LogP contribution < -0.4 is 5.32 Å². The van der Waals surface area contributed by atoms with Crippen molar-refractivity contribution in [1.29, 1.82) is 0 Å². The van der Waals surface area contributed by atoms with Crippen LogP contribution in [0.3, 0.4) is 0 Å². The summed E-state index contributed by atoms with van der Waals surface area (Å²) >= 11 is 0. The van der Waals surface area contributed by atoms with Crippen LogP contribution in [0.1, 0.15) is 49.2 Å². The number of amides is 1. The monoisotopic (exact) mass is 293 g/mol. The highest BCUT2D eigenvalue weighted by molar-refractivity contribution is 5.97. The molecule has 0 aliphatic carbocycles. The van der Waals surface area contributed by atoms with Gasteiger partial charge in [0.05, 0.1) is 6.10 Å². The van der Waals surface area contributed by atoms with Crippen molar-refractivity contribution in [2.45, 2.75) is 39.4 Å². The molecule has 0 aliphatic heterocycles. The van der Waals surface area contributed by atoms with Gasteiger partial charge in [0.25, 0.3) is 0 Å². The van der Waals surface area contributed by atoms with Crippen LogP contribution in [0.2, 0.25) is 0 Å². The lowest BCUT2D eigenvalue weighted by molar-refractivity contribution is -0.119. The summed E-state index contributed by atoms with van der Waals surface area (Å²) in [6, 6.07) is 6.59. The maximum atomic E-state index is 11.8. The molecule has 2 atom stereocenters. The van der Waals surface area contributed by atoms with Gasteiger partial charge in [-0.2, -0.15) is 0 Å². The van der Waals surface area contributed by atoms with Gasteiger partial charge in [0.15, 0.2) is 5.78 Å². The van der Waals surface area contributed by atoms with E-state index >= 15 is 0 Å². The Morgan fingerprint density at radius 3 is 2.19 bits per heavy atom. The molecule has 0 fully saturated rings. The highest BCUT2D eigenvalue weighted by Crippen LogP contribution is 2.20. The first-order valence-corrected chi connectivity index (χ1v) is 7.07. The summed E-state index contributed by atoms with van der Waals surface area (Å²) in [5.74, 6) is -0.209. The van der Waals surface area contributed by atoms with Gasteiger partial charge >= 0.3 is 0 Å². The van der Waals surface area contributed by atoms with Crippen molar-refractivity contribution in [3.8, 4) is 0 Å². The summed E-state index contributed by atoms with van der Waals surface area (Å²) in [6.07, 6.45) is -1.75. The SMILES string of the molecule is CC(=O)NCCC(O)C(O)c1ccc(C(=O)C(C)C)cc1. The third-order valence-electron chi connectivity index (χ3n) is 3.24. The Labute approximate surface area is 125 Å². The fraction of sp³-hybridized carbons (Fsp3) is 0.500. The van der Waals surface area contributed by atoms with Crippen molar-refractivity contribution in [3.63, 3.8) is 0 Å². The van der Waals surface area contributed by atoms with Crippen LogP contribution in [-0.4, -0.2) is 34.6 Å². The zero-order chi connectivity index (χ0) is 16.0. The smallest absolute Gasteiger partial charge is 0.216 e. The van der Waals surface area contributed by atoms with E-state index in [2.05, 4.69) is 5.32 Å². The first kappa shape index (κ1) is 17.3. The number of rotatable bonds is 7. The number of benzene rings is 1. The summed E-state index contributed by atoms with van der Waals surface area (Å²) in [7, 11) is 0. The molecule has 0 spiro atoms. The normalized spacial score (nSPS) is 13.8. The molecule has 1 rings (SSSR count). The van der Waals surface area contributed by atoms with E-state index in [1.807, 2.05) is 13.8 Å². The topological polar surface area (TPSA) is 86.6 Å². The standard InChI is InChI=1S/C16H23NO4/c1-10(2)15(20)12-4-6-13(7-5-12)16(21)14(19)8-9-17-11(3)18/h4-7,10,14,16,19,21H,8-9H2,1-3H3,(H,17,18). The second-order valence-corrected chi connectivity index (χ2v) is 5.42. The molecule has 5 nitrogen and oxygen atoms in total. The molecular formula is C16H23NO4. The van der Waals surface area contributed by atoms with Crippen molar-refractivity contribution < 1.29 is 19.8 Å². The largest absolute Gasteiger partial charge is 0.390 e. The van der Waals surface area contributed by atoms with Gasteiger partial charge in [-0.25, -0.2) is 0 Å². The van der Waals surface area contributed by atoms with Gasteiger partial charge in [-0.3, -0.25) is 9.59 Å². The molecule has 21 heavy (non-hydrogen) atoms. The highest BCUT2D eigenvalue weighted by Gasteiger charge is 2.19. The minimum atomic E-state index is -1.04. The second-order valence-electron chi connectivity index (χ2n) is 5.42. The van der Waals surface area contributed by atoms with Crippen molar-refractivity contribution in [2.24, 2.45) is 5.92 Å². The van der Waals surface area contributed by atoms with E-state index in [-0.39, 0.29) is 24.0 Å². The molecule has 1 aromatic carbocycles. The van der Waals surface area contributed by atoms with Crippen LogP contribution in [0, 0.1) is 5.92 Å². The lowest BCUT2D eigenvalue weighted by atomic mass is 9.97. The molecular weight excluding hydrogens is 270 g/mol. The summed E-state index contributed by atoms with van der Waals surface area (Å²) in [5, 5.41) is 22.5. The molecule has 0 saturated heterocycles. The van der Waals surface area contributed by atoms with Crippen LogP contribution in [-0.2, 0) is 4.79 Å². The lowest BCUT2D eigenvalue weighted by Crippen LogP contribution is -2.27. The molecule has 5 heteroatoms. The van der Waals surface area contributed by atoms with Crippen LogP contribution in [0.4, 0.5) is 0 Å². The quantitative estimate of drug-likeness (QED) is 0.664. The minimum Gasteiger partial charge on any atom is -0.390 e. The van der Waals surface area contributed by atoms with Crippen molar-refractivity contribution >= 4 is 11.7 Å². The van der Waals surface area contributed by atoms with E-state index in [1.165, 1.54) is 6.92 Å². The van der Waals surface area contributed by atoms with Crippen LogP contribution >= 0.6 is 0 Å². The summed E-state index contributed by atoms with van der Waals surface area (Å²) in [4.78, 5) is 22.5. The molecule has 0 bridgehead atoms. The number of hydrogen-bond acceptors (Lipinski definition) is 4. The molecule has 0 heterocycles. The van der Waals surface area contributed by atoms with E-state index in [1.54, 1.807) is 24.3 Å². The van der Waals surface area contributed by atoms with Gasteiger partial charge in [0, 0.05) is 24.9 Å². The van der Waals surface area contributed by atoms with Gasteiger partial charge in [-0.15, -0.1) is 0 Å². The van der Waals surface area contributed by atoms with E-state index in [0.717, 1.165) is 0 Å². The van der Waals surface area contributed by atoms with Gasteiger partial charge in [0.2, 0.25) is 5.91 Å². The van der Waals surface area contributed by atoms with Gasteiger partial charge in [-0.05, 0) is 12.0 Å². The molecule has 0 aliphatic rings. The number of carbonyl (C=O) groups is 2. The summed E-state index contributed by atoms with van der Waals surface area (Å²) in [6.45, 7) is 5.36. The number of nitrogens with one attached hydrogen (secondary N) is 1. The van der Waals surface area contributed by atoms with E-state index in [9.17, 15) is 19.8 Å². The summed E-state index contributed by atoms with van der Waals surface area (Å²) < 4.78 is 0. The first-order chi connectivity index (χ1) is 9.82. The first-order valence-electron chi connectivity index (χ1n) is 7.07. The Hall–Kier alpha value is -1.72. The Morgan fingerprint density at radius 1 is 1.14 bits per heavy atom. The Morgan fingerprint density at radius 2 is 1.71 bits per heavy atom. The summed E-state index contributed by atoms with van der Waals surface area (Å²) in [5.41, 5.74) is 1.14. The minimum absolute atomic E-state index is 0.0437. The van der Waals surface area contributed by atoms with Crippen LogP contribution in [0.25, 0.3) is 0 Å². The Kier molecular flexibility index (Phi) is 6.52. The number of ketones is 1. The zero-order valence-corrected chi connectivity index (χ0v) is 12.7. The molecule has 1 amide bonds. The molecule has 2 unspecified atom stereocenters. The Balaban J connectivity index is 2.64. The van der Waals surface area contributed by atoms with Gasteiger partial charge in [0.1, 0.15) is 6.10 Å². The molecule has 116 valence electrons. The average Bonchev–Trinajstić information content (AvgIpc) is 2.45. The van der Waals surface area contributed by atoms with Crippen LogP contribution in [0.5, 0.6) is 0 Å². The van der Waals surface area contributed by atoms with Crippen molar-refractivity contribution in [2.75, 3.05) is 6.54 Å². The number of aliphatic hydroxyl groups excluding tert-OH is 2. The highest BCUT2D eigenvalue weighted by atomic mass is 16.3. The third kappa shape index (κ3) is 5.28. The zero-order valence-electron chi connectivity index (χ0n) is 12.7. The second kappa shape index (κ2) is 7.90. The fourth-order valence-corrected chi connectivity index (χ4v) is 1.95. The van der Waals surface area contributed by atoms with Crippen molar-refractivity contribution in [1.82, 2.24) is 5.32 Å². The fourth-order valence-electron chi connectivity index (χ4n) is 1.95. The third-order valence-corrected chi connectivity index (χ3v) is 3.24. The number of Topliss-reactive ketones (excluding diaryl/α,β-unsaturated/α-hetero) is 1. The van der Waals surface area contributed by atoms with Gasteiger partial charge < -0.3 is 15.5 Å². The lowest BCUT2D eigenvalue weighted by Gasteiger charge is -2.18. The maximum absolute atomic E-state index is 11.8. The number of hydrogen-bond donors (Lipinski definition) is 3. The van der Waals surface area contributed by atoms with E-state index in [4.69, 9.17) is 0 Å². The number of carbonyl (C=O) groups excluding carboxylic acids is 2. The van der Waals surface area contributed by atoms with E-state index < -0.39 is 12.2 Å². The molecule has 1 aromatic rings. The number of aliphatic hydroxyl groups is 2. The van der Waals surface area contributed by atoms with Crippen LogP contribution in [0.15, 0.2) is 24.3 Å². The predicted octanol–water partition coefficient (Wildman–Crippen LogP) is 1.45. The molecule has 0 aromatic heterocycles. The Bertz CT molecular complexity index is 482. The van der Waals surface area contributed by atoms with Gasteiger partial charge in [-0.1, -0.05) is 38.1 Å². The molecule has 0 saturated carbocycles. The van der Waals surface area contributed by atoms with Crippen molar-refractivity contribution in [3.05, 3.63) is 35.4 Å². The average molecular weight is 293 g/mol. The molecule has 3 N–H and O–H groups in total.